The second-order valence-electron chi connectivity index (χ2n) is 5.61. The maximum Gasteiger partial charge on any atom is 0.223 e. The van der Waals surface area contributed by atoms with E-state index in [2.05, 4.69) is 29.1 Å². The van der Waals surface area contributed by atoms with Crippen LogP contribution in [0.5, 0.6) is 0 Å². The molecular formula is C16H21N3. The number of fused-ring (bicyclic) bond motifs is 1. The highest BCUT2D eigenvalue weighted by atomic mass is 15.1. The van der Waals surface area contributed by atoms with E-state index in [1.54, 1.807) is 0 Å². The van der Waals surface area contributed by atoms with Crippen LogP contribution in [0.4, 0.5) is 5.95 Å². The molecule has 1 aromatic carbocycles. The van der Waals surface area contributed by atoms with Crippen molar-refractivity contribution in [2.24, 2.45) is 11.8 Å². The smallest absolute Gasteiger partial charge is 0.223 e. The van der Waals surface area contributed by atoms with Crippen molar-refractivity contribution >= 4 is 16.9 Å². The van der Waals surface area contributed by atoms with E-state index in [1.807, 2.05) is 30.5 Å². The van der Waals surface area contributed by atoms with E-state index in [-0.39, 0.29) is 0 Å². The van der Waals surface area contributed by atoms with Gasteiger partial charge in [0, 0.05) is 17.6 Å². The van der Waals surface area contributed by atoms with Crippen LogP contribution >= 0.6 is 0 Å². The Kier molecular flexibility index (Phi) is 3.36. The summed E-state index contributed by atoms with van der Waals surface area (Å²) in [6.45, 7) is 4.63. The molecule has 2 aromatic rings. The Morgan fingerprint density at radius 3 is 2.89 bits per heavy atom. The van der Waals surface area contributed by atoms with E-state index in [1.165, 1.54) is 19.3 Å². The highest BCUT2D eigenvalue weighted by Crippen LogP contribution is 2.35. The first kappa shape index (κ1) is 12.4. The quantitative estimate of drug-likeness (QED) is 0.904. The first-order valence-electron chi connectivity index (χ1n) is 7.26. The van der Waals surface area contributed by atoms with Crippen molar-refractivity contribution in [1.82, 2.24) is 9.97 Å². The first-order chi connectivity index (χ1) is 9.28. The molecule has 19 heavy (non-hydrogen) atoms. The minimum atomic E-state index is 0.520. The molecule has 0 aliphatic heterocycles. The van der Waals surface area contributed by atoms with Gasteiger partial charge in [-0.2, -0.15) is 0 Å². The van der Waals surface area contributed by atoms with Gasteiger partial charge in [-0.25, -0.2) is 9.97 Å². The molecule has 1 heterocycles. The lowest BCUT2D eigenvalue weighted by atomic mass is 9.94. The second-order valence-corrected chi connectivity index (χ2v) is 5.61. The Balaban J connectivity index is 1.78. The third-order valence-corrected chi connectivity index (χ3v) is 4.55. The molecule has 1 saturated carbocycles. The third-order valence-electron chi connectivity index (χ3n) is 4.55. The molecule has 3 atom stereocenters. The van der Waals surface area contributed by atoms with Crippen LogP contribution in [0.3, 0.4) is 0 Å². The summed E-state index contributed by atoms with van der Waals surface area (Å²) in [5, 5.41) is 4.62. The second kappa shape index (κ2) is 5.16. The molecule has 0 saturated heterocycles. The minimum absolute atomic E-state index is 0.520. The van der Waals surface area contributed by atoms with Gasteiger partial charge in [0.2, 0.25) is 5.95 Å². The predicted octanol–water partition coefficient (Wildman–Crippen LogP) is 3.87. The van der Waals surface area contributed by atoms with Gasteiger partial charge >= 0.3 is 0 Å². The van der Waals surface area contributed by atoms with Gasteiger partial charge in [-0.3, -0.25) is 0 Å². The lowest BCUT2D eigenvalue weighted by Gasteiger charge is -2.20. The van der Waals surface area contributed by atoms with Crippen molar-refractivity contribution in [2.75, 3.05) is 5.32 Å². The summed E-state index contributed by atoms with van der Waals surface area (Å²) in [5.41, 5.74) is 1.01. The van der Waals surface area contributed by atoms with Crippen LogP contribution < -0.4 is 5.32 Å². The van der Waals surface area contributed by atoms with Gasteiger partial charge in [-0.15, -0.1) is 0 Å². The fourth-order valence-electron chi connectivity index (χ4n) is 3.24. The molecule has 1 aliphatic carbocycles. The fraction of sp³-hybridized carbons (Fsp3) is 0.500. The summed E-state index contributed by atoms with van der Waals surface area (Å²) < 4.78 is 0. The number of rotatable bonds is 3. The van der Waals surface area contributed by atoms with Crippen molar-refractivity contribution in [3.8, 4) is 0 Å². The molecule has 3 heteroatoms. The number of hydrogen-bond acceptors (Lipinski definition) is 3. The van der Waals surface area contributed by atoms with Crippen molar-refractivity contribution in [2.45, 2.75) is 39.2 Å². The lowest BCUT2D eigenvalue weighted by Crippen LogP contribution is -2.25. The standard InChI is InChI=1S/C16H21N3/c1-3-12-8-9-14(11(12)2)18-16-17-10-13-6-4-5-7-15(13)19-16/h4-7,10-12,14H,3,8-9H2,1-2H3,(H,17,18,19). The monoisotopic (exact) mass is 255 g/mol. The molecule has 3 unspecified atom stereocenters. The molecule has 1 aromatic heterocycles. The van der Waals surface area contributed by atoms with E-state index in [4.69, 9.17) is 0 Å². The number of nitrogens with one attached hydrogen (secondary N) is 1. The highest BCUT2D eigenvalue weighted by molar-refractivity contribution is 5.78. The maximum absolute atomic E-state index is 4.60. The summed E-state index contributed by atoms with van der Waals surface area (Å²) in [4.78, 5) is 9.04. The Labute approximate surface area is 114 Å². The third kappa shape index (κ3) is 2.42. The lowest BCUT2D eigenvalue weighted by molar-refractivity contribution is 0.391. The number of benzene rings is 1. The van der Waals surface area contributed by atoms with E-state index < -0.39 is 0 Å². The fourth-order valence-corrected chi connectivity index (χ4v) is 3.24. The summed E-state index contributed by atoms with van der Waals surface area (Å²) in [6.07, 6.45) is 5.73. The van der Waals surface area contributed by atoms with Crippen LogP contribution in [0, 0.1) is 11.8 Å². The Bertz CT molecular complexity index is 567. The zero-order valence-corrected chi connectivity index (χ0v) is 11.6. The molecule has 0 bridgehead atoms. The van der Waals surface area contributed by atoms with Gasteiger partial charge in [0.1, 0.15) is 0 Å². The summed E-state index contributed by atoms with van der Waals surface area (Å²) in [6, 6.07) is 8.64. The van der Waals surface area contributed by atoms with E-state index in [0.29, 0.717) is 12.0 Å². The van der Waals surface area contributed by atoms with E-state index in [0.717, 1.165) is 22.8 Å². The average Bonchev–Trinajstić information content (AvgIpc) is 2.79. The number of para-hydroxylation sites is 1. The molecule has 0 spiro atoms. The highest BCUT2D eigenvalue weighted by Gasteiger charge is 2.31. The largest absolute Gasteiger partial charge is 0.351 e. The normalized spacial score (nSPS) is 26.7. The van der Waals surface area contributed by atoms with Gasteiger partial charge in [-0.1, -0.05) is 38.5 Å². The van der Waals surface area contributed by atoms with Crippen molar-refractivity contribution in [3.05, 3.63) is 30.5 Å². The predicted molar refractivity (Wildman–Crippen MR) is 79.1 cm³/mol. The molecule has 1 aliphatic rings. The minimum Gasteiger partial charge on any atom is -0.351 e. The Hall–Kier alpha value is -1.64. The molecule has 0 amide bonds. The number of hydrogen-bond donors (Lipinski definition) is 1. The Morgan fingerprint density at radius 1 is 1.26 bits per heavy atom. The molecule has 1 fully saturated rings. The van der Waals surface area contributed by atoms with Crippen LogP contribution in [-0.2, 0) is 0 Å². The summed E-state index contributed by atoms with van der Waals surface area (Å²) in [7, 11) is 0. The van der Waals surface area contributed by atoms with Crippen molar-refractivity contribution in [1.29, 1.82) is 0 Å². The van der Waals surface area contributed by atoms with Gasteiger partial charge in [0.15, 0.2) is 0 Å². The number of aromatic nitrogens is 2. The molecule has 3 rings (SSSR count). The van der Waals surface area contributed by atoms with Gasteiger partial charge in [0.25, 0.3) is 0 Å². The van der Waals surface area contributed by atoms with Crippen LogP contribution in [0.2, 0.25) is 0 Å². The van der Waals surface area contributed by atoms with Crippen LogP contribution in [0.1, 0.15) is 33.1 Å². The maximum atomic E-state index is 4.60. The van der Waals surface area contributed by atoms with Crippen LogP contribution in [0.15, 0.2) is 30.5 Å². The molecular weight excluding hydrogens is 234 g/mol. The molecule has 100 valence electrons. The number of nitrogens with zero attached hydrogens (tertiary/aromatic N) is 2. The zero-order valence-electron chi connectivity index (χ0n) is 11.6. The van der Waals surface area contributed by atoms with Gasteiger partial charge in [-0.05, 0) is 30.7 Å². The molecule has 3 nitrogen and oxygen atoms in total. The first-order valence-corrected chi connectivity index (χ1v) is 7.26. The topological polar surface area (TPSA) is 37.8 Å². The molecule has 0 radical (unpaired) electrons. The van der Waals surface area contributed by atoms with E-state index in [9.17, 15) is 0 Å². The summed E-state index contributed by atoms with van der Waals surface area (Å²) >= 11 is 0. The van der Waals surface area contributed by atoms with Crippen molar-refractivity contribution in [3.63, 3.8) is 0 Å². The Morgan fingerprint density at radius 2 is 2.11 bits per heavy atom. The SMILES string of the molecule is CCC1CCC(Nc2ncc3ccccc3n2)C1C. The van der Waals surface area contributed by atoms with Crippen molar-refractivity contribution < 1.29 is 0 Å². The molecule has 1 N–H and O–H groups in total. The summed E-state index contributed by atoms with van der Waals surface area (Å²) in [5.74, 6) is 2.32. The van der Waals surface area contributed by atoms with Crippen LogP contribution in [0.25, 0.3) is 10.9 Å². The zero-order chi connectivity index (χ0) is 13.2. The average molecular weight is 255 g/mol. The van der Waals surface area contributed by atoms with Gasteiger partial charge < -0.3 is 5.32 Å². The van der Waals surface area contributed by atoms with E-state index >= 15 is 0 Å². The van der Waals surface area contributed by atoms with Gasteiger partial charge in [0.05, 0.1) is 5.52 Å². The number of anilines is 1. The van der Waals surface area contributed by atoms with Crippen LogP contribution in [-0.4, -0.2) is 16.0 Å².